The molecule has 0 aliphatic rings. The fraction of sp³-hybridized carbons (Fsp3) is 0.111. The summed E-state index contributed by atoms with van der Waals surface area (Å²) in [4.78, 5) is 0. The Kier molecular flexibility index (Phi) is 2.72. The van der Waals surface area contributed by atoms with E-state index in [1.165, 1.54) is 16.0 Å². The standard InChI is InChI=1S/C9H8N2OS2/c12-6-11-9(13)14-8(10-11)7-4-2-1-3-5-7/h1-5,12H,6H2. The first-order chi connectivity index (χ1) is 6.81. The molecule has 0 saturated heterocycles. The fourth-order valence-electron chi connectivity index (χ4n) is 1.09. The molecule has 3 nitrogen and oxygen atoms in total. The van der Waals surface area contributed by atoms with Gasteiger partial charge in [0.1, 0.15) is 11.7 Å². The van der Waals surface area contributed by atoms with E-state index in [-0.39, 0.29) is 6.73 Å². The number of aliphatic hydroxyl groups excluding tert-OH is 1. The fourth-order valence-corrected chi connectivity index (χ4v) is 2.19. The van der Waals surface area contributed by atoms with Crippen molar-refractivity contribution in [3.8, 4) is 10.6 Å². The Bertz CT molecular complexity index is 475. The van der Waals surface area contributed by atoms with Gasteiger partial charge in [0.2, 0.25) is 0 Å². The Hall–Kier alpha value is -1.04. The number of hydrogen-bond donors (Lipinski definition) is 1. The van der Waals surface area contributed by atoms with E-state index in [9.17, 15) is 0 Å². The second kappa shape index (κ2) is 4.00. The normalized spacial score (nSPS) is 10.4. The van der Waals surface area contributed by atoms with Gasteiger partial charge in [-0.1, -0.05) is 41.7 Å². The number of hydrogen-bond acceptors (Lipinski definition) is 4. The van der Waals surface area contributed by atoms with Crippen molar-refractivity contribution in [1.29, 1.82) is 0 Å². The van der Waals surface area contributed by atoms with Crippen LogP contribution in [0.4, 0.5) is 0 Å². The smallest absolute Gasteiger partial charge is 0.181 e. The molecule has 0 aliphatic carbocycles. The molecular formula is C9H8N2OS2. The Morgan fingerprint density at radius 1 is 1.36 bits per heavy atom. The maximum absolute atomic E-state index is 8.92. The topological polar surface area (TPSA) is 38.0 Å². The second-order valence-corrected chi connectivity index (χ2v) is 4.30. The van der Waals surface area contributed by atoms with Crippen LogP contribution in [0.2, 0.25) is 0 Å². The molecule has 0 unspecified atom stereocenters. The van der Waals surface area contributed by atoms with E-state index < -0.39 is 0 Å². The van der Waals surface area contributed by atoms with Gasteiger partial charge in [0.15, 0.2) is 3.95 Å². The molecule has 1 N–H and O–H groups in total. The molecule has 0 radical (unpaired) electrons. The average molecular weight is 224 g/mol. The number of aromatic nitrogens is 2. The van der Waals surface area contributed by atoms with Crippen molar-refractivity contribution in [3.63, 3.8) is 0 Å². The van der Waals surface area contributed by atoms with E-state index in [0.717, 1.165) is 10.6 Å². The monoisotopic (exact) mass is 224 g/mol. The molecule has 1 heterocycles. The molecule has 0 spiro atoms. The number of rotatable bonds is 2. The van der Waals surface area contributed by atoms with Crippen molar-refractivity contribution in [2.45, 2.75) is 6.73 Å². The molecule has 0 aliphatic heterocycles. The highest BCUT2D eigenvalue weighted by atomic mass is 32.1. The van der Waals surface area contributed by atoms with Crippen LogP contribution < -0.4 is 0 Å². The predicted molar refractivity (Wildman–Crippen MR) is 58.6 cm³/mol. The average Bonchev–Trinajstić information content (AvgIpc) is 2.61. The lowest BCUT2D eigenvalue weighted by molar-refractivity contribution is 0.194. The van der Waals surface area contributed by atoms with Gasteiger partial charge < -0.3 is 5.11 Å². The lowest BCUT2D eigenvalue weighted by Crippen LogP contribution is -1.98. The molecule has 5 heteroatoms. The quantitative estimate of drug-likeness (QED) is 0.795. The molecule has 1 aromatic heterocycles. The Labute approximate surface area is 90.3 Å². The summed E-state index contributed by atoms with van der Waals surface area (Å²) in [6.07, 6.45) is 0. The van der Waals surface area contributed by atoms with Crippen molar-refractivity contribution >= 4 is 23.6 Å². The molecular weight excluding hydrogens is 216 g/mol. The highest BCUT2D eigenvalue weighted by Gasteiger charge is 2.03. The highest BCUT2D eigenvalue weighted by molar-refractivity contribution is 7.73. The summed E-state index contributed by atoms with van der Waals surface area (Å²) in [6, 6.07) is 9.78. The first-order valence-electron chi connectivity index (χ1n) is 4.05. The van der Waals surface area contributed by atoms with Crippen LogP contribution in [0.25, 0.3) is 10.6 Å². The SMILES string of the molecule is OCn1nc(-c2ccccc2)sc1=S. The molecule has 0 atom stereocenters. The van der Waals surface area contributed by atoms with Gasteiger partial charge in [0.05, 0.1) is 0 Å². The molecule has 0 fully saturated rings. The number of nitrogens with zero attached hydrogens (tertiary/aromatic N) is 2. The number of aliphatic hydroxyl groups is 1. The maximum Gasteiger partial charge on any atom is 0.181 e. The highest BCUT2D eigenvalue weighted by Crippen LogP contribution is 2.22. The largest absolute Gasteiger partial charge is 0.374 e. The molecule has 2 rings (SSSR count). The van der Waals surface area contributed by atoms with Crippen molar-refractivity contribution in [1.82, 2.24) is 9.78 Å². The van der Waals surface area contributed by atoms with Gasteiger partial charge in [-0.25, -0.2) is 4.68 Å². The lowest BCUT2D eigenvalue weighted by atomic mass is 10.2. The van der Waals surface area contributed by atoms with E-state index in [2.05, 4.69) is 5.10 Å². The molecule has 1 aromatic carbocycles. The molecule has 72 valence electrons. The summed E-state index contributed by atoms with van der Waals surface area (Å²) in [5.41, 5.74) is 1.02. The summed E-state index contributed by atoms with van der Waals surface area (Å²) in [7, 11) is 0. The third kappa shape index (κ3) is 1.75. The molecule has 0 saturated carbocycles. The van der Waals surface area contributed by atoms with Gasteiger partial charge in [0, 0.05) is 5.56 Å². The van der Waals surface area contributed by atoms with Crippen LogP contribution in [0, 0.1) is 3.95 Å². The van der Waals surface area contributed by atoms with E-state index in [0.29, 0.717) is 3.95 Å². The van der Waals surface area contributed by atoms with Crippen LogP contribution >= 0.6 is 23.6 Å². The van der Waals surface area contributed by atoms with E-state index in [1.54, 1.807) is 0 Å². The summed E-state index contributed by atoms with van der Waals surface area (Å²) in [6.45, 7) is -0.165. The number of benzene rings is 1. The van der Waals surface area contributed by atoms with Crippen molar-refractivity contribution in [2.75, 3.05) is 0 Å². The first kappa shape index (κ1) is 9.51. The Morgan fingerprint density at radius 2 is 2.07 bits per heavy atom. The molecule has 2 aromatic rings. The summed E-state index contributed by atoms with van der Waals surface area (Å²) >= 11 is 6.43. The van der Waals surface area contributed by atoms with Gasteiger partial charge in [-0.15, -0.1) is 0 Å². The van der Waals surface area contributed by atoms with Gasteiger partial charge in [0.25, 0.3) is 0 Å². The van der Waals surface area contributed by atoms with Gasteiger partial charge in [-0.3, -0.25) is 0 Å². The summed E-state index contributed by atoms with van der Waals surface area (Å²) in [5, 5.41) is 13.9. The zero-order valence-corrected chi connectivity index (χ0v) is 8.88. The van der Waals surface area contributed by atoms with Crippen LogP contribution in [-0.2, 0) is 6.73 Å². The second-order valence-electron chi connectivity index (χ2n) is 2.68. The first-order valence-corrected chi connectivity index (χ1v) is 5.28. The van der Waals surface area contributed by atoms with Crippen LogP contribution in [0.5, 0.6) is 0 Å². The molecule has 0 amide bonds. The van der Waals surface area contributed by atoms with E-state index >= 15 is 0 Å². The lowest BCUT2D eigenvalue weighted by Gasteiger charge is -1.93. The maximum atomic E-state index is 8.92. The third-order valence-corrected chi connectivity index (χ3v) is 3.12. The minimum absolute atomic E-state index is 0.165. The van der Waals surface area contributed by atoms with Crippen LogP contribution in [0.1, 0.15) is 0 Å². The third-order valence-electron chi connectivity index (χ3n) is 1.76. The van der Waals surface area contributed by atoms with Crippen LogP contribution in [-0.4, -0.2) is 14.9 Å². The summed E-state index contributed by atoms with van der Waals surface area (Å²) in [5.74, 6) is 0. The minimum Gasteiger partial charge on any atom is -0.374 e. The Morgan fingerprint density at radius 3 is 2.64 bits per heavy atom. The zero-order chi connectivity index (χ0) is 9.97. The predicted octanol–water partition coefficient (Wildman–Crippen LogP) is 2.29. The van der Waals surface area contributed by atoms with E-state index in [4.69, 9.17) is 17.3 Å². The van der Waals surface area contributed by atoms with E-state index in [1.807, 2.05) is 30.3 Å². The van der Waals surface area contributed by atoms with Gasteiger partial charge in [-0.05, 0) is 12.2 Å². The molecule has 0 bridgehead atoms. The molecule has 14 heavy (non-hydrogen) atoms. The van der Waals surface area contributed by atoms with Gasteiger partial charge >= 0.3 is 0 Å². The summed E-state index contributed by atoms with van der Waals surface area (Å²) < 4.78 is 1.99. The van der Waals surface area contributed by atoms with Crippen molar-refractivity contribution < 1.29 is 5.11 Å². The van der Waals surface area contributed by atoms with Crippen LogP contribution in [0.15, 0.2) is 30.3 Å². The minimum atomic E-state index is -0.165. The van der Waals surface area contributed by atoms with Crippen LogP contribution in [0.3, 0.4) is 0 Å². The zero-order valence-electron chi connectivity index (χ0n) is 7.25. The van der Waals surface area contributed by atoms with Crippen molar-refractivity contribution in [2.24, 2.45) is 0 Å². The Balaban J connectivity index is 2.48. The van der Waals surface area contributed by atoms with Gasteiger partial charge in [-0.2, -0.15) is 5.10 Å². The van der Waals surface area contributed by atoms with Crippen molar-refractivity contribution in [3.05, 3.63) is 34.3 Å².